The summed E-state index contributed by atoms with van der Waals surface area (Å²) in [5.41, 5.74) is 0.152. The molecule has 0 atom stereocenters. The van der Waals surface area contributed by atoms with Gasteiger partial charge in [-0.05, 0) is 24.9 Å². The Bertz CT molecular complexity index is 502. The SMILES string of the molecule is CC(C)CCN1CCN(C(=O)c2cccc(=O)[nH]2)CC1. The Morgan fingerprint density at radius 2 is 1.95 bits per heavy atom. The van der Waals surface area contributed by atoms with Crippen molar-refractivity contribution in [3.63, 3.8) is 0 Å². The van der Waals surface area contributed by atoms with Gasteiger partial charge in [-0.2, -0.15) is 0 Å². The Balaban J connectivity index is 1.87. The summed E-state index contributed by atoms with van der Waals surface area (Å²) in [4.78, 5) is 30.3. The summed E-state index contributed by atoms with van der Waals surface area (Å²) in [5, 5.41) is 0. The van der Waals surface area contributed by atoms with Crippen LogP contribution in [-0.2, 0) is 0 Å². The van der Waals surface area contributed by atoms with E-state index >= 15 is 0 Å². The molecule has 0 aromatic carbocycles. The van der Waals surface area contributed by atoms with Gasteiger partial charge in [-0.15, -0.1) is 0 Å². The van der Waals surface area contributed by atoms with Crippen molar-refractivity contribution in [3.05, 3.63) is 34.2 Å². The molecule has 0 spiro atoms. The lowest BCUT2D eigenvalue weighted by Gasteiger charge is -2.34. The second kappa shape index (κ2) is 6.70. The first kappa shape index (κ1) is 14.8. The molecule has 2 heterocycles. The molecule has 5 nitrogen and oxygen atoms in total. The quantitative estimate of drug-likeness (QED) is 0.899. The van der Waals surface area contributed by atoms with Crippen LogP contribution in [0, 0.1) is 5.92 Å². The highest BCUT2D eigenvalue weighted by atomic mass is 16.2. The van der Waals surface area contributed by atoms with Gasteiger partial charge in [0, 0.05) is 32.2 Å². The zero-order valence-corrected chi connectivity index (χ0v) is 12.3. The van der Waals surface area contributed by atoms with E-state index in [2.05, 4.69) is 23.7 Å². The number of aromatic amines is 1. The summed E-state index contributed by atoms with van der Waals surface area (Å²) >= 11 is 0. The van der Waals surface area contributed by atoms with Crippen LogP contribution in [0.4, 0.5) is 0 Å². The minimum Gasteiger partial charge on any atom is -0.335 e. The molecule has 110 valence electrons. The minimum atomic E-state index is -0.230. The topological polar surface area (TPSA) is 56.4 Å². The molecule has 1 aliphatic rings. The molecule has 0 radical (unpaired) electrons. The molecular weight excluding hydrogens is 254 g/mol. The van der Waals surface area contributed by atoms with E-state index in [1.807, 2.05) is 4.90 Å². The van der Waals surface area contributed by atoms with Crippen molar-refractivity contribution in [1.29, 1.82) is 0 Å². The molecule has 1 fully saturated rings. The van der Waals surface area contributed by atoms with E-state index in [1.54, 1.807) is 12.1 Å². The predicted molar refractivity (Wildman–Crippen MR) is 78.9 cm³/mol. The van der Waals surface area contributed by atoms with Gasteiger partial charge in [-0.3, -0.25) is 14.5 Å². The molecule has 0 bridgehead atoms. The van der Waals surface area contributed by atoms with Gasteiger partial charge in [0.2, 0.25) is 5.56 Å². The maximum absolute atomic E-state index is 12.3. The maximum Gasteiger partial charge on any atom is 0.270 e. The van der Waals surface area contributed by atoms with Gasteiger partial charge in [0.25, 0.3) is 5.91 Å². The van der Waals surface area contributed by atoms with Gasteiger partial charge in [-0.25, -0.2) is 0 Å². The van der Waals surface area contributed by atoms with E-state index in [4.69, 9.17) is 0 Å². The largest absolute Gasteiger partial charge is 0.335 e. The van der Waals surface area contributed by atoms with Crippen molar-refractivity contribution >= 4 is 5.91 Å². The van der Waals surface area contributed by atoms with E-state index in [9.17, 15) is 9.59 Å². The van der Waals surface area contributed by atoms with Crippen LogP contribution in [0.2, 0.25) is 0 Å². The smallest absolute Gasteiger partial charge is 0.270 e. The van der Waals surface area contributed by atoms with E-state index in [0.29, 0.717) is 11.6 Å². The average Bonchev–Trinajstić information content (AvgIpc) is 2.45. The summed E-state index contributed by atoms with van der Waals surface area (Å²) in [6.45, 7) is 8.84. The highest BCUT2D eigenvalue weighted by molar-refractivity contribution is 5.92. The van der Waals surface area contributed by atoms with Crippen LogP contribution in [-0.4, -0.2) is 53.4 Å². The van der Waals surface area contributed by atoms with Crippen molar-refractivity contribution in [1.82, 2.24) is 14.8 Å². The molecule has 1 amide bonds. The first-order chi connectivity index (χ1) is 9.56. The third-order valence-electron chi connectivity index (χ3n) is 3.68. The molecule has 1 saturated heterocycles. The summed E-state index contributed by atoms with van der Waals surface area (Å²) in [6.07, 6.45) is 1.19. The van der Waals surface area contributed by atoms with Crippen LogP contribution >= 0.6 is 0 Å². The highest BCUT2D eigenvalue weighted by Gasteiger charge is 2.22. The molecule has 0 unspecified atom stereocenters. The second-order valence-electron chi connectivity index (χ2n) is 5.75. The van der Waals surface area contributed by atoms with Crippen LogP contribution in [0.5, 0.6) is 0 Å². The fourth-order valence-electron chi connectivity index (χ4n) is 2.36. The van der Waals surface area contributed by atoms with Crippen LogP contribution < -0.4 is 5.56 Å². The number of hydrogen-bond acceptors (Lipinski definition) is 3. The number of H-pyrrole nitrogens is 1. The molecule has 1 aromatic rings. The number of piperazine rings is 1. The van der Waals surface area contributed by atoms with Gasteiger partial charge < -0.3 is 9.88 Å². The highest BCUT2D eigenvalue weighted by Crippen LogP contribution is 2.08. The van der Waals surface area contributed by atoms with Gasteiger partial charge in [-0.1, -0.05) is 19.9 Å². The zero-order chi connectivity index (χ0) is 14.5. The van der Waals surface area contributed by atoms with Crippen molar-refractivity contribution < 1.29 is 4.79 Å². The van der Waals surface area contributed by atoms with Gasteiger partial charge in [0.05, 0.1) is 0 Å². The molecule has 0 aliphatic carbocycles. The molecule has 1 N–H and O–H groups in total. The van der Waals surface area contributed by atoms with Crippen molar-refractivity contribution in [2.24, 2.45) is 5.92 Å². The standard InChI is InChI=1S/C15H23N3O2/c1-12(2)6-7-17-8-10-18(11-9-17)15(20)13-4-3-5-14(19)16-13/h3-5,12H,6-11H2,1-2H3,(H,16,19). The summed E-state index contributed by atoms with van der Waals surface area (Å²) < 4.78 is 0. The molecule has 0 saturated carbocycles. The van der Waals surface area contributed by atoms with Crippen LogP contribution in [0.15, 0.2) is 23.0 Å². The Kier molecular flexibility index (Phi) is 4.95. The monoisotopic (exact) mass is 277 g/mol. The molecule has 2 rings (SSSR count). The zero-order valence-electron chi connectivity index (χ0n) is 12.3. The number of carbonyl (C=O) groups is 1. The summed E-state index contributed by atoms with van der Waals surface area (Å²) in [7, 11) is 0. The lowest BCUT2D eigenvalue weighted by molar-refractivity contribution is 0.0626. The predicted octanol–water partition coefficient (Wildman–Crippen LogP) is 1.18. The third kappa shape index (κ3) is 3.93. The lowest BCUT2D eigenvalue weighted by Crippen LogP contribution is -2.49. The number of amides is 1. The third-order valence-corrected chi connectivity index (χ3v) is 3.68. The Morgan fingerprint density at radius 3 is 2.55 bits per heavy atom. The van der Waals surface area contributed by atoms with Gasteiger partial charge >= 0.3 is 0 Å². The molecule has 5 heteroatoms. The van der Waals surface area contributed by atoms with Crippen LogP contribution in [0.1, 0.15) is 30.8 Å². The van der Waals surface area contributed by atoms with E-state index in [0.717, 1.165) is 32.7 Å². The molecule has 1 aromatic heterocycles. The van der Waals surface area contributed by atoms with Gasteiger partial charge in [0.1, 0.15) is 5.69 Å². The molecule has 1 aliphatic heterocycles. The number of rotatable bonds is 4. The second-order valence-corrected chi connectivity index (χ2v) is 5.75. The number of aromatic nitrogens is 1. The normalized spacial score (nSPS) is 16.6. The van der Waals surface area contributed by atoms with Crippen molar-refractivity contribution in [2.45, 2.75) is 20.3 Å². The number of pyridine rings is 1. The van der Waals surface area contributed by atoms with Crippen molar-refractivity contribution in [2.75, 3.05) is 32.7 Å². The summed E-state index contributed by atoms with van der Waals surface area (Å²) in [5.74, 6) is 0.635. The number of nitrogens with zero attached hydrogens (tertiary/aromatic N) is 2. The fourth-order valence-corrected chi connectivity index (χ4v) is 2.36. The number of hydrogen-bond donors (Lipinski definition) is 1. The Morgan fingerprint density at radius 1 is 1.25 bits per heavy atom. The van der Waals surface area contributed by atoms with Crippen LogP contribution in [0.25, 0.3) is 0 Å². The Labute approximate surface area is 119 Å². The maximum atomic E-state index is 12.3. The first-order valence-electron chi connectivity index (χ1n) is 7.27. The summed E-state index contributed by atoms with van der Waals surface area (Å²) in [6, 6.07) is 4.69. The van der Waals surface area contributed by atoms with Gasteiger partial charge in [0.15, 0.2) is 0 Å². The lowest BCUT2D eigenvalue weighted by atomic mass is 10.1. The minimum absolute atomic E-state index is 0.0776. The Hall–Kier alpha value is -1.62. The van der Waals surface area contributed by atoms with Crippen LogP contribution in [0.3, 0.4) is 0 Å². The number of carbonyl (C=O) groups excluding carboxylic acids is 1. The fraction of sp³-hybridized carbons (Fsp3) is 0.600. The van der Waals surface area contributed by atoms with E-state index in [1.165, 1.54) is 12.5 Å². The average molecular weight is 277 g/mol. The van der Waals surface area contributed by atoms with Crippen molar-refractivity contribution in [3.8, 4) is 0 Å². The van der Waals surface area contributed by atoms with E-state index in [-0.39, 0.29) is 11.5 Å². The van der Waals surface area contributed by atoms with E-state index < -0.39 is 0 Å². The molecule has 20 heavy (non-hydrogen) atoms. The molecular formula is C15H23N3O2. The first-order valence-corrected chi connectivity index (χ1v) is 7.27. The number of nitrogens with one attached hydrogen (secondary N) is 1.